The average molecular weight is 258 g/mol. The Morgan fingerprint density at radius 1 is 1.39 bits per heavy atom. The van der Waals surface area contributed by atoms with Crippen molar-refractivity contribution >= 4 is 5.97 Å². The number of hydrogen-bond acceptors (Lipinski definition) is 5. The first-order valence-electron chi connectivity index (χ1n) is 6.54. The molecule has 3 atom stereocenters. The Hall–Kier alpha value is -0.690. The summed E-state index contributed by atoms with van der Waals surface area (Å²) in [5.74, 6) is -0.852. The lowest BCUT2D eigenvalue weighted by molar-refractivity contribution is -0.149. The van der Waals surface area contributed by atoms with E-state index in [0.29, 0.717) is 13.0 Å². The maximum atomic E-state index is 10.7. The molecule has 0 aromatic heterocycles. The Balaban J connectivity index is 1.60. The lowest BCUT2D eigenvalue weighted by Gasteiger charge is -2.30. The van der Waals surface area contributed by atoms with E-state index in [9.17, 15) is 4.79 Å². The Labute approximate surface area is 107 Å². The van der Waals surface area contributed by atoms with Crippen LogP contribution in [0.2, 0.25) is 0 Å². The number of carbonyl (C=O) groups is 1. The van der Waals surface area contributed by atoms with Crippen LogP contribution in [0, 0.1) is 0 Å². The monoisotopic (exact) mass is 258 g/mol. The highest BCUT2D eigenvalue weighted by Gasteiger charge is 2.30. The fourth-order valence-corrected chi connectivity index (χ4v) is 2.43. The summed E-state index contributed by atoms with van der Waals surface area (Å²) in [4.78, 5) is 13.0. The average Bonchev–Trinajstić information content (AvgIpc) is 2.78. The molecule has 0 saturated carbocycles. The molecule has 2 aliphatic heterocycles. The maximum absolute atomic E-state index is 10.7. The summed E-state index contributed by atoms with van der Waals surface area (Å²) < 4.78 is 11.1. The van der Waals surface area contributed by atoms with E-state index < -0.39 is 12.1 Å². The molecule has 2 rings (SSSR count). The van der Waals surface area contributed by atoms with Gasteiger partial charge in [-0.3, -0.25) is 0 Å². The minimum Gasteiger partial charge on any atom is -0.479 e. The minimum absolute atomic E-state index is 0.0208. The van der Waals surface area contributed by atoms with E-state index in [1.54, 1.807) is 0 Å². The SMILES string of the molecule is CN1CCOC(CNCC2CCC(C(=O)O)O2)C1. The molecular formula is C12H22N2O4. The third-order valence-electron chi connectivity index (χ3n) is 3.47. The van der Waals surface area contributed by atoms with E-state index in [1.807, 2.05) is 0 Å². The smallest absolute Gasteiger partial charge is 0.332 e. The molecule has 0 radical (unpaired) electrons. The summed E-state index contributed by atoms with van der Waals surface area (Å²) in [5, 5.41) is 12.1. The van der Waals surface area contributed by atoms with Gasteiger partial charge in [0.1, 0.15) is 0 Å². The van der Waals surface area contributed by atoms with Crippen molar-refractivity contribution in [2.75, 3.05) is 39.8 Å². The summed E-state index contributed by atoms with van der Waals surface area (Å²) in [6.45, 7) is 4.21. The van der Waals surface area contributed by atoms with Crippen molar-refractivity contribution in [3.05, 3.63) is 0 Å². The number of rotatable bonds is 5. The molecular weight excluding hydrogens is 236 g/mol. The first-order valence-corrected chi connectivity index (χ1v) is 6.54. The number of morpholine rings is 1. The third kappa shape index (κ3) is 3.91. The molecule has 6 nitrogen and oxygen atoms in total. The lowest BCUT2D eigenvalue weighted by Crippen LogP contribution is -2.45. The summed E-state index contributed by atoms with van der Waals surface area (Å²) in [7, 11) is 2.09. The molecule has 0 aromatic rings. The number of nitrogens with one attached hydrogen (secondary N) is 1. The maximum Gasteiger partial charge on any atom is 0.332 e. The minimum atomic E-state index is -0.852. The molecule has 6 heteroatoms. The Morgan fingerprint density at radius 3 is 2.83 bits per heavy atom. The van der Waals surface area contributed by atoms with Gasteiger partial charge in [0.15, 0.2) is 6.10 Å². The van der Waals surface area contributed by atoms with Crippen LogP contribution in [0.25, 0.3) is 0 Å². The molecule has 2 N–H and O–H groups in total. The van der Waals surface area contributed by atoms with Crippen molar-refractivity contribution in [3.8, 4) is 0 Å². The van der Waals surface area contributed by atoms with Gasteiger partial charge in [0.05, 0.1) is 18.8 Å². The molecule has 0 aliphatic carbocycles. The molecule has 18 heavy (non-hydrogen) atoms. The first kappa shape index (κ1) is 13.7. The second-order valence-electron chi connectivity index (χ2n) is 5.08. The highest BCUT2D eigenvalue weighted by atomic mass is 16.5. The molecule has 0 bridgehead atoms. The third-order valence-corrected chi connectivity index (χ3v) is 3.47. The van der Waals surface area contributed by atoms with Gasteiger partial charge in [0.25, 0.3) is 0 Å². The van der Waals surface area contributed by atoms with Gasteiger partial charge < -0.3 is 24.8 Å². The van der Waals surface area contributed by atoms with Crippen LogP contribution < -0.4 is 5.32 Å². The van der Waals surface area contributed by atoms with Gasteiger partial charge in [-0.1, -0.05) is 0 Å². The van der Waals surface area contributed by atoms with E-state index in [-0.39, 0.29) is 12.2 Å². The van der Waals surface area contributed by atoms with Gasteiger partial charge in [-0.05, 0) is 19.9 Å². The highest BCUT2D eigenvalue weighted by molar-refractivity contribution is 5.72. The quantitative estimate of drug-likeness (QED) is 0.695. The van der Waals surface area contributed by atoms with E-state index in [0.717, 1.165) is 32.7 Å². The molecule has 0 spiro atoms. The number of aliphatic carboxylic acids is 1. The largest absolute Gasteiger partial charge is 0.479 e. The Morgan fingerprint density at radius 2 is 2.17 bits per heavy atom. The van der Waals surface area contributed by atoms with Gasteiger partial charge in [-0.25, -0.2) is 4.79 Å². The van der Waals surface area contributed by atoms with Crippen LogP contribution in [0.5, 0.6) is 0 Å². The molecule has 0 aromatic carbocycles. The van der Waals surface area contributed by atoms with Crippen LogP contribution in [0.1, 0.15) is 12.8 Å². The molecule has 2 saturated heterocycles. The van der Waals surface area contributed by atoms with Gasteiger partial charge in [0.2, 0.25) is 0 Å². The van der Waals surface area contributed by atoms with Crippen LogP contribution in [0.3, 0.4) is 0 Å². The van der Waals surface area contributed by atoms with Gasteiger partial charge in [-0.2, -0.15) is 0 Å². The second-order valence-corrected chi connectivity index (χ2v) is 5.08. The van der Waals surface area contributed by atoms with Gasteiger partial charge in [-0.15, -0.1) is 0 Å². The molecule has 2 fully saturated rings. The normalized spacial score (nSPS) is 33.7. The Kier molecular flexibility index (Phi) is 4.94. The second kappa shape index (κ2) is 6.47. The summed E-state index contributed by atoms with van der Waals surface area (Å²) in [6, 6.07) is 0. The van der Waals surface area contributed by atoms with Crippen molar-refractivity contribution < 1.29 is 19.4 Å². The van der Waals surface area contributed by atoms with Gasteiger partial charge >= 0.3 is 5.97 Å². The zero-order valence-electron chi connectivity index (χ0n) is 10.8. The zero-order chi connectivity index (χ0) is 13.0. The van der Waals surface area contributed by atoms with Crippen LogP contribution in [0.15, 0.2) is 0 Å². The van der Waals surface area contributed by atoms with Crippen LogP contribution >= 0.6 is 0 Å². The first-order chi connectivity index (χ1) is 8.65. The van der Waals surface area contributed by atoms with E-state index in [4.69, 9.17) is 14.6 Å². The number of carboxylic acid groups (broad SMARTS) is 1. The lowest BCUT2D eigenvalue weighted by atomic mass is 10.2. The van der Waals surface area contributed by atoms with Crippen LogP contribution in [-0.2, 0) is 14.3 Å². The van der Waals surface area contributed by atoms with E-state index >= 15 is 0 Å². The summed E-state index contributed by atoms with van der Waals surface area (Å²) >= 11 is 0. The molecule has 3 unspecified atom stereocenters. The summed E-state index contributed by atoms with van der Waals surface area (Å²) in [5.41, 5.74) is 0. The molecule has 104 valence electrons. The van der Waals surface area contributed by atoms with Crippen molar-refractivity contribution in [2.45, 2.75) is 31.2 Å². The van der Waals surface area contributed by atoms with Crippen LogP contribution in [-0.4, -0.2) is 74.1 Å². The molecule has 2 heterocycles. The topological polar surface area (TPSA) is 71.0 Å². The number of nitrogens with zero attached hydrogens (tertiary/aromatic N) is 1. The van der Waals surface area contributed by atoms with Gasteiger partial charge in [0, 0.05) is 26.2 Å². The standard InChI is InChI=1S/C12H22N2O4/c1-14-4-5-17-10(8-14)7-13-6-9-2-3-11(18-9)12(15)16/h9-11,13H,2-8H2,1H3,(H,15,16). The van der Waals surface area contributed by atoms with Crippen molar-refractivity contribution in [1.29, 1.82) is 0 Å². The van der Waals surface area contributed by atoms with Crippen molar-refractivity contribution in [3.63, 3.8) is 0 Å². The zero-order valence-corrected chi connectivity index (χ0v) is 10.8. The predicted octanol–water partition coefficient (Wildman–Crippen LogP) is -0.461. The number of ether oxygens (including phenoxy) is 2. The Bertz CT molecular complexity index is 287. The fraction of sp³-hybridized carbons (Fsp3) is 0.917. The molecule has 2 aliphatic rings. The number of carboxylic acids is 1. The predicted molar refractivity (Wildman–Crippen MR) is 65.6 cm³/mol. The van der Waals surface area contributed by atoms with Crippen molar-refractivity contribution in [2.24, 2.45) is 0 Å². The van der Waals surface area contributed by atoms with E-state index in [1.165, 1.54) is 0 Å². The number of likely N-dealkylation sites (N-methyl/N-ethyl adjacent to an activating group) is 1. The molecule has 0 amide bonds. The summed E-state index contributed by atoms with van der Waals surface area (Å²) in [6.07, 6.45) is 1.06. The van der Waals surface area contributed by atoms with Crippen LogP contribution in [0.4, 0.5) is 0 Å². The number of hydrogen-bond donors (Lipinski definition) is 2. The fourth-order valence-electron chi connectivity index (χ4n) is 2.43. The van der Waals surface area contributed by atoms with E-state index in [2.05, 4.69) is 17.3 Å². The van der Waals surface area contributed by atoms with Crippen molar-refractivity contribution in [1.82, 2.24) is 10.2 Å². The highest BCUT2D eigenvalue weighted by Crippen LogP contribution is 2.19.